The van der Waals surface area contributed by atoms with Crippen LogP contribution in [-0.2, 0) is 0 Å². The highest BCUT2D eigenvalue weighted by molar-refractivity contribution is 5.04. The van der Waals surface area contributed by atoms with Gasteiger partial charge in [-0.25, -0.2) is 0 Å². The fraction of sp³-hybridized carbons (Fsp3) is 0.800. The molecule has 0 fully saturated rings. The molecule has 0 aliphatic carbocycles. The SMILES string of the molecule is CC=C(C)C(N)CCCCC. The van der Waals surface area contributed by atoms with Crippen molar-refractivity contribution in [2.24, 2.45) is 5.73 Å². The summed E-state index contributed by atoms with van der Waals surface area (Å²) in [5.74, 6) is 0. The maximum absolute atomic E-state index is 5.90. The van der Waals surface area contributed by atoms with Crippen LogP contribution in [-0.4, -0.2) is 6.04 Å². The summed E-state index contributed by atoms with van der Waals surface area (Å²) in [6, 6.07) is 0.298. The zero-order valence-corrected chi connectivity index (χ0v) is 8.06. The molecule has 11 heavy (non-hydrogen) atoms. The number of rotatable bonds is 5. The van der Waals surface area contributed by atoms with E-state index < -0.39 is 0 Å². The highest BCUT2D eigenvalue weighted by Crippen LogP contribution is 2.07. The second kappa shape index (κ2) is 6.41. The van der Waals surface area contributed by atoms with E-state index in [1.165, 1.54) is 24.8 Å². The monoisotopic (exact) mass is 155 g/mol. The van der Waals surface area contributed by atoms with Gasteiger partial charge in [0.1, 0.15) is 0 Å². The van der Waals surface area contributed by atoms with E-state index in [4.69, 9.17) is 5.73 Å². The molecule has 0 spiro atoms. The predicted octanol–water partition coefficient (Wildman–Crippen LogP) is 2.86. The molecule has 1 heteroatoms. The summed E-state index contributed by atoms with van der Waals surface area (Å²) < 4.78 is 0. The van der Waals surface area contributed by atoms with Crippen molar-refractivity contribution >= 4 is 0 Å². The molecule has 0 saturated heterocycles. The van der Waals surface area contributed by atoms with Gasteiger partial charge in [-0.3, -0.25) is 0 Å². The van der Waals surface area contributed by atoms with Crippen LogP contribution in [0.25, 0.3) is 0 Å². The van der Waals surface area contributed by atoms with Crippen molar-refractivity contribution in [1.29, 1.82) is 0 Å². The number of allylic oxidation sites excluding steroid dienone is 1. The molecule has 0 aromatic heterocycles. The maximum atomic E-state index is 5.90. The minimum Gasteiger partial charge on any atom is -0.324 e. The largest absolute Gasteiger partial charge is 0.324 e. The Labute approximate surface area is 70.7 Å². The van der Waals surface area contributed by atoms with Crippen molar-refractivity contribution < 1.29 is 0 Å². The summed E-state index contributed by atoms with van der Waals surface area (Å²) in [5, 5.41) is 0. The molecule has 1 nitrogen and oxygen atoms in total. The highest BCUT2D eigenvalue weighted by atomic mass is 14.6. The molecule has 0 heterocycles. The van der Waals surface area contributed by atoms with E-state index in [0.29, 0.717) is 6.04 Å². The Morgan fingerprint density at radius 1 is 1.45 bits per heavy atom. The van der Waals surface area contributed by atoms with Crippen molar-refractivity contribution in [1.82, 2.24) is 0 Å². The Hall–Kier alpha value is -0.300. The van der Waals surface area contributed by atoms with Crippen LogP contribution in [0.4, 0.5) is 0 Å². The van der Waals surface area contributed by atoms with Crippen LogP contribution in [0.2, 0.25) is 0 Å². The minimum absolute atomic E-state index is 0.298. The molecule has 0 amide bonds. The molecule has 0 saturated carbocycles. The molecule has 2 N–H and O–H groups in total. The Bertz CT molecular complexity index is 116. The van der Waals surface area contributed by atoms with Crippen LogP contribution < -0.4 is 5.73 Å². The van der Waals surface area contributed by atoms with Crippen molar-refractivity contribution in [3.63, 3.8) is 0 Å². The van der Waals surface area contributed by atoms with E-state index in [9.17, 15) is 0 Å². The minimum atomic E-state index is 0.298. The number of hydrogen-bond acceptors (Lipinski definition) is 1. The molecule has 0 aromatic rings. The summed E-state index contributed by atoms with van der Waals surface area (Å²) in [6.45, 7) is 6.37. The van der Waals surface area contributed by atoms with Gasteiger partial charge in [-0.2, -0.15) is 0 Å². The molecule has 0 rings (SSSR count). The molecular formula is C10H21N. The summed E-state index contributed by atoms with van der Waals surface area (Å²) in [4.78, 5) is 0. The summed E-state index contributed by atoms with van der Waals surface area (Å²) in [7, 11) is 0. The van der Waals surface area contributed by atoms with Gasteiger partial charge in [0, 0.05) is 6.04 Å². The lowest BCUT2D eigenvalue weighted by Gasteiger charge is -2.10. The third-order valence-corrected chi connectivity index (χ3v) is 2.16. The molecule has 0 aromatic carbocycles. The van der Waals surface area contributed by atoms with Crippen LogP contribution >= 0.6 is 0 Å². The van der Waals surface area contributed by atoms with Crippen LogP contribution in [0.1, 0.15) is 46.5 Å². The fourth-order valence-corrected chi connectivity index (χ4v) is 1.06. The smallest absolute Gasteiger partial charge is 0.0250 e. The molecule has 1 unspecified atom stereocenters. The lowest BCUT2D eigenvalue weighted by Crippen LogP contribution is -2.20. The fourth-order valence-electron chi connectivity index (χ4n) is 1.06. The normalized spacial score (nSPS) is 15.1. The second-order valence-electron chi connectivity index (χ2n) is 3.13. The van der Waals surface area contributed by atoms with Gasteiger partial charge in [-0.1, -0.05) is 37.8 Å². The molecule has 0 bridgehead atoms. The quantitative estimate of drug-likeness (QED) is 0.479. The van der Waals surface area contributed by atoms with Gasteiger partial charge in [0.15, 0.2) is 0 Å². The van der Waals surface area contributed by atoms with Crippen LogP contribution in [0.15, 0.2) is 11.6 Å². The lowest BCUT2D eigenvalue weighted by atomic mass is 10.0. The van der Waals surface area contributed by atoms with Crippen LogP contribution in [0, 0.1) is 0 Å². The topological polar surface area (TPSA) is 26.0 Å². The van der Waals surface area contributed by atoms with E-state index in [0.717, 1.165) is 6.42 Å². The Balaban J connectivity index is 3.44. The molecule has 0 aliphatic heterocycles. The summed E-state index contributed by atoms with van der Waals surface area (Å²) in [5.41, 5.74) is 7.22. The third-order valence-electron chi connectivity index (χ3n) is 2.16. The molecule has 1 atom stereocenters. The first kappa shape index (κ1) is 10.7. The van der Waals surface area contributed by atoms with E-state index in [1.54, 1.807) is 0 Å². The first-order chi connectivity index (χ1) is 5.22. The summed E-state index contributed by atoms with van der Waals surface area (Å²) in [6.07, 6.45) is 7.11. The third kappa shape index (κ3) is 5.02. The molecule has 0 aliphatic rings. The van der Waals surface area contributed by atoms with Crippen LogP contribution in [0.5, 0.6) is 0 Å². The van der Waals surface area contributed by atoms with Crippen molar-refractivity contribution in [2.45, 2.75) is 52.5 Å². The molecule has 66 valence electrons. The van der Waals surface area contributed by atoms with Gasteiger partial charge in [-0.05, 0) is 20.3 Å². The zero-order chi connectivity index (χ0) is 8.69. The number of hydrogen-bond donors (Lipinski definition) is 1. The van der Waals surface area contributed by atoms with E-state index in [2.05, 4.69) is 26.8 Å². The van der Waals surface area contributed by atoms with Crippen molar-refractivity contribution in [3.05, 3.63) is 11.6 Å². The van der Waals surface area contributed by atoms with E-state index in [1.807, 2.05) is 0 Å². The van der Waals surface area contributed by atoms with Gasteiger partial charge in [0.25, 0.3) is 0 Å². The van der Waals surface area contributed by atoms with Gasteiger partial charge >= 0.3 is 0 Å². The maximum Gasteiger partial charge on any atom is 0.0250 e. The van der Waals surface area contributed by atoms with E-state index in [-0.39, 0.29) is 0 Å². The Morgan fingerprint density at radius 2 is 2.09 bits per heavy atom. The Kier molecular flexibility index (Phi) is 6.24. The first-order valence-corrected chi connectivity index (χ1v) is 4.60. The van der Waals surface area contributed by atoms with Gasteiger partial charge in [0.05, 0.1) is 0 Å². The van der Waals surface area contributed by atoms with Crippen molar-refractivity contribution in [2.75, 3.05) is 0 Å². The first-order valence-electron chi connectivity index (χ1n) is 4.60. The number of unbranched alkanes of at least 4 members (excludes halogenated alkanes) is 2. The Morgan fingerprint density at radius 3 is 2.55 bits per heavy atom. The van der Waals surface area contributed by atoms with Gasteiger partial charge in [0.2, 0.25) is 0 Å². The van der Waals surface area contributed by atoms with Crippen LogP contribution in [0.3, 0.4) is 0 Å². The van der Waals surface area contributed by atoms with Gasteiger partial charge < -0.3 is 5.73 Å². The predicted molar refractivity (Wildman–Crippen MR) is 51.5 cm³/mol. The lowest BCUT2D eigenvalue weighted by molar-refractivity contribution is 0.605. The molecule has 0 radical (unpaired) electrons. The standard InChI is InChI=1S/C10H21N/c1-4-6-7-8-10(11)9(3)5-2/h5,10H,4,6-8,11H2,1-3H3. The zero-order valence-electron chi connectivity index (χ0n) is 8.06. The van der Waals surface area contributed by atoms with Crippen molar-refractivity contribution in [3.8, 4) is 0 Å². The van der Waals surface area contributed by atoms with E-state index >= 15 is 0 Å². The average molecular weight is 155 g/mol. The number of nitrogens with two attached hydrogens (primary N) is 1. The highest BCUT2D eigenvalue weighted by Gasteiger charge is 2.01. The molecular weight excluding hydrogens is 134 g/mol. The second-order valence-corrected chi connectivity index (χ2v) is 3.13. The van der Waals surface area contributed by atoms with Gasteiger partial charge in [-0.15, -0.1) is 0 Å². The average Bonchev–Trinajstić information content (AvgIpc) is 2.03. The summed E-state index contributed by atoms with van der Waals surface area (Å²) >= 11 is 0.